The molecule has 0 aliphatic rings. The van der Waals surface area contributed by atoms with Crippen molar-refractivity contribution >= 4 is 49.0 Å². The van der Waals surface area contributed by atoms with Gasteiger partial charge in [-0.15, -0.1) is 0 Å². The van der Waals surface area contributed by atoms with Gasteiger partial charge in [-0.05, 0) is 41.1 Å². The Hall–Kier alpha value is -0.590. The molecule has 4 nitrogen and oxygen atoms in total. The van der Waals surface area contributed by atoms with Crippen LogP contribution < -0.4 is 5.32 Å². The average molecular weight is 341 g/mol. The third kappa shape index (κ3) is 3.97. The van der Waals surface area contributed by atoms with E-state index >= 15 is 0 Å². The molecule has 1 rings (SSSR count). The van der Waals surface area contributed by atoms with Crippen molar-refractivity contribution in [1.82, 2.24) is 0 Å². The Labute approximate surface area is 113 Å². The van der Waals surface area contributed by atoms with Gasteiger partial charge in [0, 0.05) is 16.4 Å². The fraction of sp³-hybridized carbons (Fsp3) is 0.300. The molecule has 7 heteroatoms. The molecule has 1 aromatic carbocycles. The predicted octanol–water partition coefficient (Wildman–Crippen LogP) is 2.47. The number of sulfone groups is 1. The van der Waals surface area contributed by atoms with Gasteiger partial charge in [0.1, 0.15) is 5.25 Å². The van der Waals surface area contributed by atoms with E-state index in [-0.39, 0.29) is 0 Å². The molecule has 0 saturated heterocycles. The lowest BCUT2D eigenvalue weighted by Crippen LogP contribution is -2.31. The third-order valence-electron chi connectivity index (χ3n) is 2.20. The number of amides is 1. The zero-order valence-corrected chi connectivity index (χ0v) is 12.4. The molecule has 1 amide bonds. The van der Waals surface area contributed by atoms with Gasteiger partial charge in [-0.1, -0.05) is 11.6 Å². The van der Waals surface area contributed by atoms with Crippen LogP contribution in [0, 0.1) is 0 Å². The van der Waals surface area contributed by atoms with Gasteiger partial charge in [0.15, 0.2) is 9.84 Å². The summed E-state index contributed by atoms with van der Waals surface area (Å²) in [6, 6.07) is 4.81. The number of anilines is 1. The Morgan fingerprint density at radius 3 is 2.53 bits per heavy atom. The largest absolute Gasteiger partial charge is 0.325 e. The van der Waals surface area contributed by atoms with Crippen molar-refractivity contribution in [1.29, 1.82) is 0 Å². The summed E-state index contributed by atoms with van der Waals surface area (Å²) in [6.45, 7) is 1.34. The molecule has 17 heavy (non-hydrogen) atoms. The molecule has 1 unspecified atom stereocenters. The maximum Gasteiger partial charge on any atom is 0.242 e. The summed E-state index contributed by atoms with van der Waals surface area (Å²) in [5.74, 6) is -0.568. The molecule has 0 saturated carbocycles. The summed E-state index contributed by atoms with van der Waals surface area (Å²) in [5, 5.41) is 1.94. The van der Waals surface area contributed by atoms with Gasteiger partial charge >= 0.3 is 0 Å². The number of halogens is 2. The number of rotatable bonds is 3. The van der Waals surface area contributed by atoms with Crippen LogP contribution in [0.5, 0.6) is 0 Å². The smallest absolute Gasteiger partial charge is 0.242 e. The molecule has 0 aromatic heterocycles. The first kappa shape index (κ1) is 14.5. The summed E-state index contributed by atoms with van der Waals surface area (Å²) in [4.78, 5) is 11.6. The highest BCUT2D eigenvalue weighted by molar-refractivity contribution is 9.10. The minimum absolute atomic E-state index is 0.488. The van der Waals surface area contributed by atoms with Crippen LogP contribution in [-0.4, -0.2) is 25.8 Å². The van der Waals surface area contributed by atoms with Gasteiger partial charge in [-0.3, -0.25) is 4.79 Å². The number of benzene rings is 1. The van der Waals surface area contributed by atoms with Crippen LogP contribution in [0.3, 0.4) is 0 Å². The Kier molecular flexibility index (Phi) is 4.57. The normalized spacial score (nSPS) is 13.2. The Morgan fingerprint density at radius 2 is 2.06 bits per heavy atom. The van der Waals surface area contributed by atoms with Crippen molar-refractivity contribution in [3.05, 3.63) is 27.7 Å². The molecule has 0 fully saturated rings. The van der Waals surface area contributed by atoms with E-state index in [1.807, 2.05) is 0 Å². The second-order valence-electron chi connectivity index (χ2n) is 3.59. The fourth-order valence-electron chi connectivity index (χ4n) is 1.01. The minimum atomic E-state index is -3.39. The number of carbonyl (C=O) groups excluding carboxylic acids is 1. The second-order valence-corrected chi connectivity index (χ2v) is 7.22. The van der Waals surface area contributed by atoms with E-state index in [1.165, 1.54) is 6.92 Å². The van der Waals surface area contributed by atoms with E-state index in [2.05, 4.69) is 21.2 Å². The van der Waals surface area contributed by atoms with Crippen molar-refractivity contribution in [2.24, 2.45) is 0 Å². The summed E-state index contributed by atoms with van der Waals surface area (Å²) in [5.41, 5.74) is 0.488. The first-order valence-electron chi connectivity index (χ1n) is 4.66. The van der Waals surface area contributed by atoms with E-state index in [0.29, 0.717) is 15.2 Å². The number of nitrogens with one attached hydrogen (secondary N) is 1. The standard InChI is InChI=1S/C10H11BrClNO3S/c1-6(17(2,15)16)10(14)13-7-3-4-9(12)8(11)5-7/h3-6H,1-2H3,(H,13,14). The predicted molar refractivity (Wildman–Crippen MR) is 72.1 cm³/mol. The van der Waals surface area contributed by atoms with E-state index in [9.17, 15) is 13.2 Å². The second kappa shape index (κ2) is 5.37. The highest BCUT2D eigenvalue weighted by Crippen LogP contribution is 2.25. The Morgan fingerprint density at radius 1 is 1.47 bits per heavy atom. The van der Waals surface area contributed by atoms with Crippen LogP contribution in [0.4, 0.5) is 5.69 Å². The van der Waals surface area contributed by atoms with E-state index in [1.54, 1.807) is 18.2 Å². The Bertz CT molecular complexity index is 544. The molecule has 0 aliphatic carbocycles. The maximum absolute atomic E-state index is 11.6. The van der Waals surface area contributed by atoms with Crippen molar-refractivity contribution in [2.45, 2.75) is 12.2 Å². The summed E-state index contributed by atoms with van der Waals surface area (Å²) in [7, 11) is -3.39. The zero-order valence-electron chi connectivity index (χ0n) is 9.20. The quantitative estimate of drug-likeness (QED) is 0.919. The first-order chi connectivity index (χ1) is 7.71. The van der Waals surface area contributed by atoms with Crippen LogP contribution >= 0.6 is 27.5 Å². The molecular formula is C10H11BrClNO3S. The van der Waals surface area contributed by atoms with Crippen LogP contribution in [0.25, 0.3) is 0 Å². The minimum Gasteiger partial charge on any atom is -0.325 e. The lowest BCUT2D eigenvalue weighted by Gasteiger charge is -2.10. The molecule has 0 radical (unpaired) electrons. The first-order valence-corrected chi connectivity index (χ1v) is 7.79. The van der Waals surface area contributed by atoms with Crippen molar-refractivity contribution in [3.8, 4) is 0 Å². The van der Waals surface area contributed by atoms with E-state index < -0.39 is 21.0 Å². The van der Waals surface area contributed by atoms with Gasteiger partial charge in [0.2, 0.25) is 5.91 Å². The SMILES string of the molecule is CC(C(=O)Nc1ccc(Cl)c(Br)c1)S(C)(=O)=O. The van der Waals surface area contributed by atoms with E-state index in [0.717, 1.165) is 6.26 Å². The zero-order chi connectivity index (χ0) is 13.2. The van der Waals surface area contributed by atoms with Crippen LogP contribution in [0.2, 0.25) is 5.02 Å². The maximum atomic E-state index is 11.6. The van der Waals surface area contributed by atoms with Gasteiger partial charge in [-0.25, -0.2) is 8.42 Å². The van der Waals surface area contributed by atoms with Gasteiger partial charge < -0.3 is 5.32 Å². The van der Waals surface area contributed by atoms with Crippen LogP contribution in [0.15, 0.2) is 22.7 Å². The van der Waals surface area contributed by atoms with Gasteiger partial charge in [-0.2, -0.15) is 0 Å². The highest BCUT2D eigenvalue weighted by atomic mass is 79.9. The van der Waals surface area contributed by atoms with Crippen LogP contribution in [0.1, 0.15) is 6.92 Å². The summed E-state index contributed by atoms with van der Waals surface area (Å²) >= 11 is 9.01. The fourth-order valence-corrected chi connectivity index (χ4v) is 1.96. The molecule has 0 heterocycles. The molecule has 1 aromatic rings. The Balaban J connectivity index is 2.85. The molecule has 1 N–H and O–H groups in total. The van der Waals surface area contributed by atoms with E-state index in [4.69, 9.17) is 11.6 Å². The summed E-state index contributed by atoms with van der Waals surface area (Å²) < 4.78 is 23.0. The lowest BCUT2D eigenvalue weighted by atomic mass is 10.3. The third-order valence-corrected chi connectivity index (χ3v) is 4.91. The molecule has 94 valence electrons. The molecular weight excluding hydrogens is 330 g/mol. The molecule has 0 aliphatic heterocycles. The monoisotopic (exact) mass is 339 g/mol. The number of hydrogen-bond donors (Lipinski definition) is 1. The topological polar surface area (TPSA) is 63.2 Å². The van der Waals surface area contributed by atoms with Crippen molar-refractivity contribution in [3.63, 3.8) is 0 Å². The lowest BCUT2D eigenvalue weighted by molar-refractivity contribution is -0.115. The molecule has 0 spiro atoms. The van der Waals surface area contributed by atoms with Crippen molar-refractivity contribution < 1.29 is 13.2 Å². The van der Waals surface area contributed by atoms with Gasteiger partial charge in [0.05, 0.1) is 5.02 Å². The number of carbonyl (C=O) groups is 1. The highest BCUT2D eigenvalue weighted by Gasteiger charge is 2.23. The molecule has 1 atom stereocenters. The molecule has 0 bridgehead atoms. The van der Waals surface area contributed by atoms with Gasteiger partial charge in [0.25, 0.3) is 0 Å². The average Bonchev–Trinajstić information content (AvgIpc) is 2.21. The number of hydrogen-bond acceptors (Lipinski definition) is 3. The summed E-state index contributed by atoms with van der Waals surface area (Å²) in [6.07, 6.45) is 1.02. The van der Waals surface area contributed by atoms with Crippen LogP contribution in [-0.2, 0) is 14.6 Å². The van der Waals surface area contributed by atoms with Crippen molar-refractivity contribution in [2.75, 3.05) is 11.6 Å².